The molecule has 0 aliphatic carbocycles. The van der Waals surface area contributed by atoms with Crippen LogP contribution in [0.15, 0.2) is 24.4 Å². The highest BCUT2D eigenvalue weighted by molar-refractivity contribution is 7.11. The molecule has 2 aromatic rings. The minimum absolute atomic E-state index is 0.290. The van der Waals surface area contributed by atoms with Gasteiger partial charge in [0.05, 0.1) is 6.04 Å². The van der Waals surface area contributed by atoms with Crippen LogP contribution in [0.4, 0.5) is 17.6 Å². The van der Waals surface area contributed by atoms with Crippen LogP contribution in [-0.4, -0.2) is 4.98 Å². The van der Waals surface area contributed by atoms with Gasteiger partial charge in [-0.25, -0.2) is 9.37 Å². The molecule has 1 aromatic carbocycles. The first-order valence-corrected chi connectivity index (χ1v) is 6.15. The number of benzene rings is 1. The number of nitrogens with zero attached hydrogens (tertiary/aromatic N) is 1. The van der Waals surface area contributed by atoms with E-state index in [9.17, 15) is 17.6 Å². The summed E-state index contributed by atoms with van der Waals surface area (Å²) in [5, 5.41) is -0.934. The SMILES string of the molecule is Cc1cc(C(N)c2cnc(C(F)(F)F)s2)ccc1F. The number of alkyl halides is 3. The quantitative estimate of drug-likeness (QED) is 0.857. The molecule has 102 valence electrons. The fourth-order valence-corrected chi connectivity index (χ4v) is 2.40. The molecule has 0 radical (unpaired) electrons. The Hall–Kier alpha value is -1.47. The van der Waals surface area contributed by atoms with Crippen molar-refractivity contribution in [3.05, 3.63) is 51.2 Å². The van der Waals surface area contributed by atoms with Crippen LogP contribution in [0.2, 0.25) is 0 Å². The number of rotatable bonds is 2. The monoisotopic (exact) mass is 290 g/mol. The largest absolute Gasteiger partial charge is 0.443 e. The van der Waals surface area contributed by atoms with Crippen LogP contribution in [0.1, 0.15) is 27.1 Å². The Kier molecular flexibility index (Phi) is 3.60. The molecule has 0 aliphatic rings. The second-order valence-electron chi connectivity index (χ2n) is 4.05. The Bertz CT molecular complexity index is 592. The van der Waals surface area contributed by atoms with Gasteiger partial charge in [-0.1, -0.05) is 12.1 Å². The first-order chi connectivity index (χ1) is 8.79. The Morgan fingerprint density at radius 3 is 2.53 bits per heavy atom. The third-order valence-electron chi connectivity index (χ3n) is 2.61. The molecule has 0 bridgehead atoms. The van der Waals surface area contributed by atoms with Crippen molar-refractivity contribution >= 4 is 11.3 Å². The molecule has 7 heteroatoms. The summed E-state index contributed by atoms with van der Waals surface area (Å²) in [5.41, 5.74) is 6.82. The van der Waals surface area contributed by atoms with E-state index in [1.165, 1.54) is 18.2 Å². The zero-order chi connectivity index (χ0) is 14.2. The van der Waals surface area contributed by atoms with Crippen LogP contribution in [0.5, 0.6) is 0 Å². The summed E-state index contributed by atoms with van der Waals surface area (Å²) in [6.45, 7) is 1.57. The van der Waals surface area contributed by atoms with Gasteiger partial charge in [-0.05, 0) is 24.1 Å². The molecule has 0 fully saturated rings. The summed E-state index contributed by atoms with van der Waals surface area (Å²) in [5.74, 6) is -0.378. The first-order valence-electron chi connectivity index (χ1n) is 5.33. The van der Waals surface area contributed by atoms with E-state index in [1.54, 1.807) is 6.92 Å². The molecule has 0 amide bonds. The van der Waals surface area contributed by atoms with Gasteiger partial charge in [0, 0.05) is 11.1 Å². The van der Waals surface area contributed by atoms with Crippen LogP contribution in [0, 0.1) is 12.7 Å². The molecule has 1 atom stereocenters. The minimum atomic E-state index is -4.47. The highest BCUT2D eigenvalue weighted by Crippen LogP contribution is 2.35. The molecular weight excluding hydrogens is 280 g/mol. The topological polar surface area (TPSA) is 38.9 Å². The lowest BCUT2D eigenvalue weighted by molar-refractivity contribution is -0.137. The predicted molar refractivity (Wildman–Crippen MR) is 64.3 cm³/mol. The van der Waals surface area contributed by atoms with Gasteiger partial charge in [0.2, 0.25) is 0 Å². The van der Waals surface area contributed by atoms with E-state index in [2.05, 4.69) is 4.98 Å². The van der Waals surface area contributed by atoms with Crippen molar-refractivity contribution in [3.8, 4) is 0 Å². The number of hydrogen-bond acceptors (Lipinski definition) is 3. The Balaban J connectivity index is 2.31. The van der Waals surface area contributed by atoms with Gasteiger partial charge < -0.3 is 5.73 Å². The van der Waals surface area contributed by atoms with Gasteiger partial charge in [0.25, 0.3) is 0 Å². The van der Waals surface area contributed by atoms with Crippen molar-refractivity contribution in [1.82, 2.24) is 4.98 Å². The van der Waals surface area contributed by atoms with Gasteiger partial charge in [0.15, 0.2) is 5.01 Å². The van der Waals surface area contributed by atoms with E-state index in [-0.39, 0.29) is 5.82 Å². The molecule has 0 aliphatic heterocycles. The van der Waals surface area contributed by atoms with Gasteiger partial charge in [-0.15, -0.1) is 11.3 Å². The van der Waals surface area contributed by atoms with Crippen LogP contribution >= 0.6 is 11.3 Å². The first kappa shape index (κ1) is 14.0. The number of hydrogen-bond donors (Lipinski definition) is 1. The van der Waals surface area contributed by atoms with Crippen molar-refractivity contribution < 1.29 is 17.6 Å². The molecule has 0 saturated heterocycles. The van der Waals surface area contributed by atoms with Gasteiger partial charge in [-0.2, -0.15) is 13.2 Å². The zero-order valence-electron chi connectivity index (χ0n) is 9.83. The molecule has 19 heavy (non-hydrogen) atoms. The third-order valence-corrected chi connectivity index (χ3v) is 3.74. The molecule has 0 spiro atoms. The van der Waals surface area contributed by atoms with E-state index >= 15 is 0 Å². The van der Waals surface area contributed by atoms with Gasteiger partial charge >= 0.3 is 6.18 Å². The van der Waals surface area contributed by atoms with Crippen molar-refractivity contribution in [2.24, 2.45) is 5.73 Å². The molecule has 1 unspecified atom stereocenters. The molecule has 2 nitrogen and oxygen atoms in total. The smallest absolute Gasteiger partial charge is 0.320 e. The Morgan fingerprint density at radius 2 is 2.00 bits per heavy atom. The number of nitrogens with two attached hydrogens (primary N) is 1. The lowest BCUT2D eigenvalue weighted by Crippen LogP contribution is -2.10. The van der Waals surface area contributed by atoms with Crippen molar-refractivity contribution in [3.63, 3.8) is 0 Å². The van der Waals surface area contributed by atoms with Crippen LogP contribution < -0.4 is 5.73 Å². The molecule has 1 heterocycles. The average Bonchev–Trinajstić information content (AvgIpc) is 2.81. The second-order valence-corrected chi connectivity index (χ2v) is 5.11. The minimum Gasteiger partial charge on any atom is -0.320 e. The summed E-state index contributed by atoms with van der Waals surface area (Å²) in [6.07, 6.45) is -3.36. The van der Waals surface area contributed by atoms with Crippen molar-refractivity contribution in [2.75, 3.05) is 0 Å². The number of halogens is 4. The normalized spacial score (nSPS) is 13.6. The van der Waals surface area contributed by atoms with E-state index in [0.29, 0.717) is 27.3 Å². The summed E-state index contributed by atoms with van der Waals surface area (Å²) < 4.78 is 50.5. The summed E-state index contributed by atoms with van der Waals surface area (Å²) >= 11 is 0.498. The second kappa shape index (κ2) is 4.90. The highest BCUT2D eigenvalue weighted by atomic mass is 32.1. The fourth-order valence-electron chi connectivity index (χ4n) is 1.59. The summed E-state index contributed by atoms with van der Waals surface area (Å²) in [7, 11) is 0. The average molecular weight is 290 g/mol. The van der Waals surface area contributed by atoms with Crippen LogP contribution in [-0.2, 0) is 6.18 Å². The van der Waals surface area contributed by atoms with E-state index in [4.69, 9.17) is 5.73 Å². The Morgan fingerprint density at radius 1 is 1.32 bits per heavy atom. The maximum absolute atomic E-state index is 13.1. The van der Waals surface area contributed by atoms with E-state index < -0.39 is 17.2 Å². The van der Waals surface area contributed by atoms with E-state index in [1.807, 2.05) is 0 Å². The van der Waals surface area contributed by atoms with Crippen LogP contribution in [0.3, 0.4) is 0 Å². The maximum Gasteiger partial charge on any atom is 0.443 e. The molecule has 2 N–H and O–H groups in total. The lowest BCUT2D eigenvalue weighted by atomic mass is 10.0. The number of thiazole rings is 1. The number of aryl methyl sites for hydroxylation is 1. The molecule has 0 saturated carbocycles. The van der Waals surface area contributed by atoms with Gasteiger partial charge in [-0.3, -0.25) is 0 Å². The summed E-state index contributed by atoms with van der Waals surface area (Å²) in [6, 6.07) is 3.48. The highest BCUT2D eigenvalue weighted by Gasteiger charge is 2.35. The van der Waals surface area contributed by atoms with Gasteiger partial charge in [0.1, 0.15) is 5.82 Å². The van der Waals surface area contributed by atoms with E-state index in [0.717, 1.165) is 6.20 Å². The molecular formula is C12H10F4N2S. The lowest BCUT2D eigenvalue weighted by Gasteiger charge is -2.10. The van der Waals surface area contributed by atoms with Crippen molar-refractivity contribution in [1.29, 1.82) is 0 Å². The predicted octanol–water partition coefficient (Wildman–Crippen LogP) is 3.66. The molecule has 2 rings (SSSR count). The standard InChI is InChI=1S/C12H10F4N2S/c1-6-4-7(2-3-8(6)13)10(17)9-5-18-11(19-9)12(14,15)16/h2-5,10H,17H2,1H3. The maximum atomic E-state index is 13.1. The fraction of sp³-hybridized carbons (Fsp3) is 0.250. The summed E-state index contributed by atoms with van der Waals surface area (Å²) in [4.78, 5) is 3.60. The molecule has 1 aromatic heterocycles. The number of aromatic nitrogens is 1. The van der Waals surface area contributed by atoms with Crippen LogP contribution in [0.25, 0.3) is 0 Å². The van der Waals surface area contributed by atoms with Crippen molar-refractivity contribution in [2.45, 2.75) is 19.1 Å². The third kappa shape index (κ3) is 2.93. The Labute approximate surface area is 110 Å². The zero-order valence-corrected chi connectivity index (χ0v) is 10.6.